The molecule has 0 atom stereocenters. The highest BCUT2D eigenvalue weighted by molar-refractivity contribution is 5.84. The Bertz CT molecular complexity index is 377. The highest BCUT2D eigenvalue weighted by Crippen LogP contribution is 2.42. The molecule has 0 saturated carbocycles. The van der Waals surface area contributed by atoms with Gasteiger partial charge in [-0.05, 0) is 6.92 Å². The van der Waals surface area contributed by atoms with Crippen molar-refractivity contribution in [1.82, 2.24) is 0 Å². The molecule has 0 amide bonds. The van der Waals surface area contributed by atoms with Crippen LogP contribution in [0.25, 0.3) is 0 Å². The Labute approximate surface area is 84.4 Å². The quantitative estimate of drug-likeness (QED) is 0.684. The third kappa shape index (κ3) is 1.24. The summed E-state index contributed by atoms with van der Waals surface area (Å²) in [4.78, 5) is 6.57. The standard InChI is InChI=1S/C11H16N2O/c1-7(2)11-10-9(8(3)14-11)12-5-6-13(10)4/h5,7H,6H2,1-4H3. The van der Waals surface area contributed by atoms with Gasteiger partial charge >= 0.3 is 0 Å². The lowest BCUT2D eigenvalue weighted by Gasteiger charge is -2.21. The van der Waals surface area contributed by atoms with Crippen LogP contribution < -0.4 is 4.90 Å². The van der Waals surface area contributed by atoms with Crippen LogP contribution in [0.3, 0.4) is 0 Å². The second-order valence-corrected chi connectivity index (χ2v) is 4.07. The van der Waals surface area contributed by atoms with E-state index >= 15 is 0 Å². The van der Waals surface area contributed by atoms with Gasteiger partial charge in [0.1, 0.15) is 22.9 Å². The first-order chi connectivity index (χ1) is 6.61. The van der Waals surface area contributed by atoms with Gasteiger partial charge in [0.15, 0.2) is 0 Å². The molecule has 0 radical (unpaired) electrons. The molecule has 76 valence electrons. The molecule has 0 saturated heterocycles. The molecule has 2 heterocycles. The number of nitrogens with zero attached hydrogens (tertiary/aromatic N) is 2. The van der Waals surface area contributed by atoms with E-state index in [9.17, 15) is 0 Å². The summed E-state index contributed by atoms with van der Waals surface area (Å²) < 4.78 is 5.74. The maximum atomic E-state index is 5.74. The fraction of sp³-hybridized carbons (Fsp3) is 0.545. The number of anilines is 1. The van der Waals surface area contributed by atoms with E-state index < -0.39 is 0 Å². The van der Waals surface area contributed by atoms with Gasteiger partial charge in [0.2, 0.25) is 0 Å². The van der Waals surface area contributed by atoms with Crippen molar-refractivity contribution >= 4 is 17.6 Å². The highest BCUT2D eigenvalue weighted by atomic mass is 16.3. The van der Waals surface area contributed by atoms with Crippen LogP contribution in [0.5, 0.6) is 0 Å². The molecule has 0 fully saturated rings. The molecule has 1 aliphatic rings. The predicted molar refractivity (Wildman–Crippen MR) is 59.0 cm³/mol. The fourth-order valence-electron chi connectivity index (χ4n) is 1.80. The lowest BCUT2D eigenvalue weighted by atomic mass is 10.1. The summed E-state index contributed by atoms with van der Waals surface area (Å²) in [5.41, 5.74) is 2.17. The SMILES string of the molecule is Cc1oc(C(C)C)c2c1N=CCN2C. The average Bonchev–Trinajstić information content (AvgIpc) is 2.46. The van der Waals surface area contributed by atoms with E-state index in [-0.39, 0.29) is 0 Å². The summed E-state index contributed by atoms with van der Waals surface area (Å²) in [6.45, 7) is 7.13. The second kappa shape index (κ2) is 3.15. The van der Waals surface area contributed by atoms with E-state index in [1.54, 1.807) is 0 Å². The molecule has 0 aromatic carbocycles. The van der Waals surface area contributed by atoms with Gasteiger partial charge in [-0.1, -0.05) is 13.8 Å². The first-order valence-corrected chi connectivity index (χ1v) is 4.98. The number of aryl methyl sites for hydroxylation is 1. The molecule has 14 heavy (non-hydrogen) atoms. The van der Waals surface area contributed by atoms with Crippen LogP contribution in [-0.4, -0.2) is 19.8 Å². The van der Waals surface area contributed by atoms with E-state index in [0.29, 0.717) is 5.92 Å². The molecular formula is C11H16N2O. The molecule has 1 aliphatic heterocycles. The minimum Gasteiger partial charge on any atom is -0.462 e. The fourth-order valence-corrected chi connectivity index (χ4v) is 1.80. The monoisotopic (exact) mass is 192 g/mol. The summed E-state index contributed by atoms with van der Waals surface area (Å²) in [7, 11) is 2.07. The maximum Gasteiger partial charge on any atom is 0.132 e. The number of hydrogen-bond donors (Lipinski definition) is 0. The number of aliphatic imine (C=N–C) groups is 1. The first-order valence-electron chi connectivity index (χ1n) is 4.98. The molecule has 0 aliphatic carbocycles. The summed E-state index contributed by atoms with van der Waals surface area (Å²) >= 11 is 0. The molecule has 1 aromatic heterocycles. The zero-order valence-electron chi connectivity index (χ0n) is 9.16. The molecule has 0 spiro atoms. The van der Waals surface area contributed by atoms with Crippen molar-refractivity contribution in [2.45, 2.75) is 26.7 Å². The predicted octanol–water partition coefficient (Wildman–Crippen LogP) is 2.86. The molecule has 2 rings (SSSR count). The van der Waals surface area contributed by atoms with Crippen LogP contribution in [0.1, 0.15) is 31.3 Å². The van der Waals surface area contributed by atoms with E-state index in [2.05, 4.69) is 30.8 Å². The van der Waals surface area contributed by atoms with Crippen molar-refractivity contribution in [3.05, 3.63) is 11.5 Å². The van der Waals surface area contributed by atoms with Gasteiger partial charge in [-0.25, -0.2) is 0 Å². The van der Waals surface area contributed by atoms with Crippen LogP contribution in [0.15, 0.2) is 9.41 Å². The molecule has 3 heteroatoms. The van der Waals surface area contributed by atoms with Gasteiger partial charge in [-0.2, -0.15) is 0 Å². The zero-order chi connectivity index (χ0) is 10.3. The lowest BCUT2D eigenvalue weighted by Crippen LogP contribution is -2.22. The minimum absolute atomic E-state index is 0.410. The normalized spacial score (nSPS) is 15.1. The molecule has 0 bridgehead atoms. The van der Waals surface area contributed by atoms with E-state index in [4.69, 9.17) is 4.42 Å². The largest absolute Gasteiger partial charge is 0.462 e. The number of rotatable bonds is 1. The Morgan fingerprint density at radius 1 is 1.50 bits per heavy atom. The van der Waals surface area contributed by atoms with Gasteiger partial charge in [-0.15, -0.1) is 0 Å². The molecular weight excluding hydrogens is 176 g/mol. The molecule has 0 N–H and O–H groups in total. The van der Waals surface area contributed by atoms with E-state index in [1.807, 2.05) is 13.1 Å². The van der Waals surface area contributed by atoms with E-state index in [1.165, 1.54) is 5.69 Å². The Morgan fingerprint density at radius 3 is 2.86 bits per heavy atom. The first kappa shape index (κ1) is 9.31. The van der Waals surface area contributed by atoms with E-state index in [0.717, 1.165) is 23.8 Å². The molecule has 0 unspecified atom stereocenters. The van der Waals surface area contributed by atoms with Crippen molar-refractivity contribution in [2.24, 2.45) is 4.99 Å². The van der Waals surface area contributed by atoms with Crippen molar-refractivity contribution in [1.29, 1.82) is 0 Å². The Kier molecular flexibility index (Phi) is 2.10. The zero-order valence-corrected chi connectivity index (χ0v) is 9.16. The summed E-state index contributed by atoms with van der Waals surface area (Å²) in [5.74, 6) is 2.39. The van der Waals surface area contributed by atoms with Crippen molar-refractivity contribution in [3.63, 3.8) is 0 Å². The maximum absolute atomic E-state index is 5.74. The van der Waals surface area contributed by atoms with Crippen LogP contribution >= 0.6 is 0 Å². The van der Waals surface area contributed by atoms with Crippen molar-refractivity contribution in [3.8, 4) is 0 Å². The van der Waals surface area contributed by atoms with Gasteiger partial charge < -0.3 is 9.32 Å². The van der Waals surface area contributed by atoms with Crippen LogP contribution in [0, 0.1) is 6.92 Å². The third-order valence-electron chi connectivity index (χ3n) is 2.54. The Morgan fingerprint density at radius 2 is 2.21 bits per heavy atom. The van der Waals surface area contributed by atoms with Crippen LogP contribution in [0.4, 0.5) is 11.4 Å². The number of hydrogen-bond acceptors (Lipinski definition) is 3. The third-order valence-corrected chi connectivity index (χ3v) is 2.54. The lowest BCUT2D eigenvalue weighted by molar-refractivity contribution is 0.464. The van der Waals surface area contributed by atoms with Crippen molar-refractivity contribution in [2.75, 3.05) is 18.5 Å². The Hall–Kier alpha value is -1.25. The van der Waals surface area contributed by atoms with Gasteiger partial charge in [-0.3, -0.25) is 4.99 Å². The van der Waals surface area contributed by atoms with Crippen LogP contribution in [0.2, 0.25) is 0 Å². The highest BCUT2D eigenvalue weighted by Gasteiger charge is 2.24. The molecule has 1 aromatic rings. The summed E-state index contributed by atoms with van der Waals surface area (Å²) in [6, 6.07) is 0. The second-order valence-electron chi connectivity index (χ2n) is 4.07. The smallest absolute Gasteiger partial charge is 0.132 e. The summed E-state index contributed by atoms with van der Waals surface area (Å²) in [5, 5.41) is 0. The van der Waals surface area contributed by atoms with Gasteiger partial charge in [0.05, 0.1) is 6.54 Å². The van der Waals surface area contributed by atoms with Crippen LogP contribution in [-0.2, 0) is 0 Å². The summed E-state index contributed by atoms with van der Waals surface area (Å²) in [6.07, 6.45) is 1.93. The topological polar surface area (TPSA) is 28.7 Å². The number of fused-ring (bicyclic) bond motifs is 1. The average molecular weight is 192 g/mol. The van der Waals surface area contributed by atoms with Crippen molar-refractivity contribution < 1.29 is 4.42 Å². The van der Waals surface area contributed by atoms with Gasteiger partial charge in [0.25, 0.3) is 0 Å². The minimum atomic E-state index is 0.410. The molecule has 3 nitrogen and oxygen atoms in total. The van der Waals surface area contributed by atoms with Gasteiger partial charge in [0, 0.05) is 19.2 Å². The Balaban J connectivity index is 2.60. The number of furan rings is 1.